The Balaban J connectivity index is 0.000000346. The van der Waals surface area contributed by atoms with Gasteiger partial charge in [-0.1, -0.05) is 18.2 Å². The van der Waals surface area contributed by atoms with Gasteiger partial charge in [-0.2, -0.15) is 0 Å². The number of hydrogen-bond acceptors (Lipinski definition) is 5. The minimum absolute atomic E-state index is 0.0182. The van der Waals surface area contributed by atoms with Gasteiger partial charge in [-0.25, -0.2) is 16.8 Å². The highest BCUT2D eigenvalue weighted by molar-refractivity contribution is 9.42. The number of carbonyl (C=O) groups excluding carboxylic acids is 1. The summed E-state index contributed by atoms with van der Waals surface area (Å²) >= 11 is 18.0. The van der Waals surface area contributed by atoms with Gasteiger partial charge in [-0.05, 0) is 152 Å². The third kappa shape index (κ3) is 8.94. The number of benzene rings is 2. The number of sulfone groups is 2. The second-order valence-electron chi connectivity index (χ2n) is 6.87. The van der Waals surface area contributed by atoms with Crippen LogP contribution in [-0.4, -0.2) is 31.7 Å². The number of carbonyl (C=O) groups is 1. The van der Waals surface area contributed by atoms with Crippen molar-refractivity contribution in [2.24, 2.45) is 0 Å². The van der Waals surface area contributed by atoms with Gasteiger partial charge in [0.2, 0.25) is 22.6 Å². The van der Waals surface area contributed by atoms with Crippen LogP contribution in [0.4, 0.5) is 0 Å². The van der Waals surface area contributed by atoms with Crippen LogP contribution in [0.5, 0.6) is 0 Å². The summed E-state index contributed by atoms with van der Waals surface area (Å²) in [6, 6.07) is 12.6. The van der Waals surface area contributed by atoms with Crippen LogP contribution in [0.25, 0.3) is 0 Å². The highest BCUT2D eigenvalue weighted by atomic mass is 80.0. The maximum absolute atomic E-state index is 12.2. The highest BCUT2D eigenvalue weighted by Gasteiger charge is 2.38. The van der Waals surface area contributed by atoms with Crippen LogP contribution in [0, 0.1) is 6.92 Å². The molecule has 2 aromatic carbocycles. The Morgan fingerprint density at radius 2 is 1.21 bits per heavy atom. The molecule has 0 fully saturated rings. The average molecular weight is 885 g/mol. The summed E-state index contributed by atoms with van der Waals surface area (Å²) in [6.45, 7) is 5.51. The molecule has 0 saturated carbocycles. The van der Waals surface area contributed by atoms with E-state index in [9.17, 15) is 21.6 Å². The smallest absolute Gasteiger partial charge is 0.251 e. The molecule has 0 atom stereocenters. The zero-order valence-electron chi connectivity index (χ0n) is 17.3. The highest BCUT2D eigenvalue weighted by Crippen LogP contribution is 2.44. The quantitative estimate of drug-likeness (QED) is 0.336. The second kappa shape index (κ2) is 12.3. The predicted octanol–water partition coefficient (Wildman–Crippen LogP) is 6.96. The van der Waals surface area contributed by atoms with Crippen LogP contribution in [0.1, 0.15) is 29.8 Å². The fourth-order valence-electron chi connectivity index (χ4n) is 2.20. The molecule has 184 valence electrons. The molecular weight excluding hydrogens is 866 g/mol. The molecule has 0 saturated heterocycles. The summed E-state index contributed by atoms with van der Waals surface area (Å²) in [5, 5.41) is 2.71. The lowest BCUT2D eigenvalue weighted by Gasteiger charge is -2.14. The van der Waals surface area contributed by atoms with Gasteiger partial charge in [0.05, 0.1) is 9.79 Å². The molecule has 0 bridgehead atoms. The number of amides is 1. The molecule has 0 aliphatic carbocycles. The van der Waals surface area contributed by atoms with E-state index < -0.39 is 22.6 Å². The molecule has 2 aromatic rings. The first kappa shape index (κ1) is 31.7. The first-order chi connectivity index (χ1) is 14.8. The van der Waals surface area contributed by atoms with Crippen molar-refractivity contribution in [1.82, 2.24) is 5.32 Å². The molecule has 14 heteroatoms. The van der Waals surface area contributed by atoms with Crippen LogP contribution >= 0.6 is 95.6 Å². The lowest BCUT2D eigenvalue weighted by atomic mass is 10.2. The van der Waals surface area contributed by atoms with E-state index in [1.54, 1.807) is 24.3 Å². The molecule has 0 unspecified atom stereocenters. The summed E-state index contributed by atoms with van der Waals surface area (Å²) in [5.74, 6) is -0.309. The molecule has 2 rings (SSSR count). The SMILES string of the molecule is CC(C)NC(=O)c1cccc(S(=O)(=O)C(Br)(Br)Br)c1.Cc1cccc(S(=O)(=O)C(Br)(Br)Br)c1. The number of alkyl halides is 6. The molecule has 1 amide bonds. The second-order valence-corrected chi connectivity index (χ2v) is 27.7. The number of aryl methyl sites for hydroxylation is 1. The minimum Gasteiger partial charge on any atom is -0.350 e. The Bertz CT molecular complexity index is 1200. The predicted molar refractivity (Wildman–Crippen MR) is 154 cm³/mol. The van der Waals surface area contributed by atoms with E-state index in [2.05, 4.69) is 101 Å². The molecule has 0 aromatic heterocycles. The molecule has 1 N–H and O–H groups in total. The zero-order chi connectivity index (χ0) is 25.8. The lowest BCUT2D eigenvalue weighted by Crippen LogP contribution is -2.30. The molecular formula is C19H19Br6NO5S2. The van der Waals surface area contributed by atoms with E-state index in [1.165, 1.54) is 18.2 Å². The van der Waals surface area contributed by atoms with Crippen molar-refractivity contribution in [3.05, 3.63) is 59.7 Å². The van der Waals surface area contributed by atoms with Gasteiger partial charge in [0.15, 0.2) is 0 Å². The van der Waals surface area contributed by atoms with Crippen LogP contribution in [0.2, 0.25) is 0 Å². The normalized spacial score (nSPS) is 12.7. The molecule has 0 aliphatic rings. The Labute approximate surface area is 244 Å². The van der Waals surface area contributed by atoms with E-state index in [0.717, 1.165) is 5.56 Å². The van der Waals surface area contributed by atoms with Gasteiger partial charge < -0.3 is 5.32 Å². The standard InChI is InChI=1S/C11H12Br3NO3S.C8H7Br3O2S/c1-7(2)15-10(16)8-4-3-5-9(6-8)19(17,18)11(12,13)14;1-6-3-2-4-7(5-6)14(12,13)8(9,10)11/h3-7H,1-2H3,(H,15,16);2-5H,1H3. The summed E-state index contributed by atoms with van der Waals surface area (Å²) < 4.78 is 45.3. The van der Waals surface area contributed by atoms with Gasteiger partial charge in [0, 0.05) is 11.6 Å². The van der Waals surface area contributed by atoms with E-state index in [0.29, 0.717) is 5.56 Å². The fourth-order valence-corrected chi connectivity index (χ4v) is 7.24. The van der Waals surface area contributed by atoms with Gasteiger partial charge in [0.25, 0.3) is 5.91 Å². The molecule has 0 heterocycles. The van der Waals surface area contributed by atoms with Gasteiger partial charge in [-0.15, -0.1) is 0 Å². The van der Waals surface area contributed by atoms with Crippen LogP contribution in [0.3, 0.4) is 0 Å². The molecule has 0 aliphatic heterocycles. The Kier molecular flexibility index (Phi) is 11.8. The number of hydrogen-bond donors (Lipinski definition) is 1. The monoisotopic (exact) mass is 879 g/mol. The van der Waals surface area contributed by atoms with Gasteiger partial charge >= 0.3 is 0 Å². The molecule has 0 radical (unpaired) electrons. The Morgan fingerprint density at radius 3 is 1.61 bits per heavy atom. The van der Waals surface area contributed by atoms with Crippen molar-refractivity contribution in [3.63, 3.8) is 0 Å². The third-order valence-electron chi connectivity index (χ3n) is 3.74. The van der Waals surface area contributed by atoms with Crippen molar-refractivity contribution < 1.29 is 21.6 Å². The van der Waals surface area contributed by atoms with E-state index in [4.69, 9.17) is 0 Å². The third-order valence-corrected chi connectivity index (χ3v) is 14.4. The number of nitrogens with one attached hydrogen (secondary N) is 1. The topological polar surface area (TPSA) is 97.4 Å². The fraction of sp³-hybridized carbons (Fsp3) is 0.316. The molecule has 6 nitrogen and oxygen atoms in total. The van der Waals surface area contributed by atoms with E-state index in [1.807, 2.05) is 26.8 Å². The van der Waals surface area contributed by atoms with Crippen molar-refractivity contribution in [2.45, 2.75) is 39.6 Å². The Morgan fingerprint density at radius 1 is 0.788 bits per heavy atom. The largest absolute Gasteiger partial charge is 0.350 e. The number of halogens is 6. The van der Waals surface area contributed by atoms with Crippen molar-refractivity contribution in [2.75, 3.05) is 0 Å². The molecule has 0 spiro atoms. The summed E-state index contributed by atoms with van der Waals surface area (Å²) in [6.07, 6.45) is 0. The maximum atomic E-state index is 12.2. The average Bonchev–Trinajstić information content (AvgIpc) is 2.66. The zero-order valence-corrected chi connectivity index (χ0v) is 28.5. The summed E-state index contributed by atoms with van der Waals surface area (Å²) in [7, 11) is -7.14. The van der Waals surface area contributed by atoms with Crippen LogP contribution < -0.4 is 5.32 Å². The van der Waals surface area contributed by atoms with Crippen LogP contribution in [-0.2, 0) is 19.7 Å². The number of rotatable bonds is 4. The van der Waals surface area contributed by atoms with Crippen LogP contribution in [0.15, 0.2) is 58.3 Å². The first-order valence-electron chi connectivity index (χ1n) is 8.91. The lowest BCUT2D eigenvalue weighted by molar-refractivity contribution is 0.0943. The van der Waals surface area contributed by atoms with Gasteiger partial charge in [-0.3, -0.25) is 4.79 Å². The van der Waals surface area contributed by atoms with E-state index in [-0.39, 0.29) is 21.7 Å². The van der Waals surface area contributed by atoms with E-state index >= 15 is 0 Å². The minimum atomic E-state index is -3.69. The van der Waals surface area contributed by atoms with Crippen molar-refractivity contribution in [3.8, 4) is 0 Å². The van der Waals surface area contributed by atoms with Gasteiger partial charge in [0.1, 0.15) is 0 Å². The molecule has 33 heavy (non-hydrogen) atoms. The summed E-state index contributed by atoms with van der Waals surface area (Å²) in [4.78, 5) is 12.1. The van der Waals surface area contributed by atoms with Crippen molar-refractivity contribution in [1.29, 1.82) is 0 Å². The first-order valence-corrected chi connectivity index (χ1v) is 16.6. The maximum Gasteiger partial charge on any atom is 0.251 e. The summed E-state index contributed by atoms with van der Waals surface area (Å²) in [5.41, 5.74) is 1.20. The Hall–Kier alpha value is 0.690. The van der Waals surface area contributed by atoms with Crippen molar-refractivity contribution >= 4 is 121 Å².